The summed E-state index contributed by atoms with van der Waals surface area (Å²) in [5, 5.41) is 6.48. The van der Waals surface area contributed by atoms with E-state index in [1.165, 1.54) is 25.3 Å². The summed E-state index contributed by atoms with van der Waals surface area (Å²) in [4.78, 5) is 6.95. The molecule has 2 aliphatic rings. The molecule has 2 heterocycles. The van der Waals surface area contributed by atoms with Gasteiger partial charge < -0.3 is 29.7 Å². The number of guanidine groups is 1. The van der Waals surface area contributed by atoms with Crippen LogP contribution in [0.15, 0.2) is 17.1 Å². The monoisotopic (exact) mass is 398 g/mol. The summed E-state index contributed by atoms with van der Waals surface area (Å²) in [6.07, 6.45) is 3.82. The van der Waals surface area contributed by atoms with Crippen LogP contribution in [0.2, 0.25) is 0 Å². The second-order valence-corrected chi connectivity index (χ2v) is 6.72. The molecule has 7 nitrogen and oxygen atoms in total. The molecule has 156 valence electrons. The van der Waals surface area contributed by atoms with Crippen LogP contribution in [0.4, 0.5) is 8.78 Å². The quantitative estimate of drug-likeness (QED) is 0.518. The maximum absolute atomic E-state index is 12.8. The van der Waals surface area contributed by atoms with Crippen molar-refractivity contribution in [1.29, 1.82) is 0 Å². The molecule has 1 saturated heterocycles. The van der Waals surface area contributed by atoms with Crippen molar-refractivity contribution in [2.45, 2.75) is 39.3 Å². The molecule has 9 heteroatoms. The third kappa shape index (κ3) is 5.85. The van der Waals surface area contributed by atoms with E-state index < -0.39 is 6.61 Å². The molecule has 28 heavy (non-hydrogen) atoms. The van der Waals surface area contributed by atoms with Crippen molar-refractivity contribution in [2.75, 3.05) is 39.5 Å². The van der Waals surface area contributed by atoms with Gasteiger partial charge in [0.25, 0.3) is 0 Å². The first-order chi connectivity index (χ1) is 13.7. The number of fused-ring (bicyclic) bond motifs is 1. The van der Waals surface area contributed by atoms with Gasteiger partial charge in [-0.2, -0.15) is 8.78 Å². The van der Waals surface area contributed by atoms with E-state index in [1.807, 2.05) is 6.92 Å². The number of aliphatic imine (C=N–C) groups is 1. The van der Waals surface area contributed by atoms with Crippen LogP contribution < -0.4 is 24.8 Å². The number of nitrogens with one attached hydrogen (secondary N) is 2. The molecule has 0 atom stereocenters. The summed E-state index contributed by atoms with van der Waals surface area (Å²) in [6, 6.07) is 3.07. The predicted molar refractivity (Wildman–Crippen MR) is 102 cm³/mol. The zero-order valence-electron chi connectivity index (χ0n) is 16.2. The average molecular weight is 398 g/mol. The molecule has 0 unspecified atom stereocenters. The molecule has 0 bridgehead atoms. The van der Waals surface area contributed by atoms with Crippen molar-refractivity contribution >= 4 is 5.96 Å². The summed E-state index contributed by atoms with van der Waals surface area (Å²) >= 11 is 0. The Morgan fingerprint density at radius 3 is 2.64 bits per heavy atom. The van der Waals surface area contributed by atoms with Gasteiger partial charge in [0.15, 0.2) is 17.5 Å². The van der Waals surface area contributed by atoms with Crippen LogP contribution in [0.3, 0.4) is 0 Å². The van der Waals surface area contributed by atoms with Crippen molar-refractivity contribution in [3.05, 3.63) is 17.7 Å². The van der Waals surface area contributed by atoms with Gasteiger partial charge in [-0.3, -0.25) is 0 Å². The van der Waals surface area contributed by atoms with Gasteiger partial charge in [0.2, 0.25) is 6.79 Å². The van der Waals surface area contributed by atoms with Crippen LogP contribution in [-0.2, 0) is 6.54 Å². The molecule has 2 N–H and O–H groups in total. The van der Waals surface area contributed by atoms with E-state index >= 15 is 0 Å². The number of hydrogen-bond acceptors (Lipinski definition) is 5. The lowest BCUT2D eigenvalue weighted by Gasteiger charge is -2.26. The first kappa shape index (κ1) is 20.4. The summed E-state index contributed by atoms with van der Waals surface area (Å²) < 4.78 is 40.7. The van der Waals surface area contributed by atoms with Crippen LogP contribution in [0.5, 0.6) is 17.2 Å². The molecular weight excluding hydrogens is 370 g/mol. The normalized spacial score (nSPS) is 17.1. The van der Waals surface area contributed by atoms with E-state index in [2.05, 4.69) is 25.3 Å². The Balaban J connectivity index is 1.62. The fourth-order valence-electron chi connectivity index (χ4n) is 3.32. The van der Waals surface area contributed by atoms with Crippen molar-refractivity contribution in [1.82, 2.24) is 15.5 Å². The first-order valence-corrected chi connectivity index (χ1v) is 9.77. The molecule has 0 amide bonds. The molecule has 0 saturated carbocycles. The molecule has 0 spiro atoms. The highest BCUT2D eigenvalue weighted by Gasteiger charge is 2.20. The molecule has 0 aliphatic carbocycles. The predicted octanol–water partition coefficient (Wildman–Crippen LogP) is 2.56. The smallest absolute Gasteiger partial charge is 0.387 e. The number of halogens is 2. The van der Waals surface area contributed by atoms with Gasteiger partial charge in [-0.05, 0) is 38.9 Å². The number of piperidine rings is 1. The van der Waals surface area contributed by atoms with Crippen molar-refractivity contribution in [2.24, 2.45) is 4.99 Å². The summed E-state index contributed by atoms with van der Waals surface area (Å²) in [5.41, 5.74) is 0.512. The number of benzene rings is 1. The van der Waals surface area contributed by atoms with E-state index in [1.54, 1.807) is 6.07 Å². The molecule has 1 aromatic carbocycles. The Morgan fingerprint density at radius 1 is 1.18 bits per heavy atom. The van der Waals surface area contributed by atoms with E-state index in [0.29, 0.717) is 29.6 Å². The Morgan fingerprint density at radius 2 is 1.93 bits per heavy atom. The molecule has 0 radical (unpaired) electrons. The van der Waals surface area contributed by atoms with Gasteiger partial charge in [-0.15, -0.1) is 0 Å². The van der Waals surface area contributed by atoms with Gasteiger partial charge in [0.1, 0.15) is 5.75 Å². The highest BCUT2D eigenvalue weighted by molar-refractivity contribution is 5.79. The van der Waals surface area contributed by atoms with Crippen LogP contribution in [0, 0.1) is 0 Å². The third-order valence-corrected chi connectivity index (χ3v) is 4.69. The van der Waals surface area contributed by atoms with Crippen LogP contribution in [0.1, 0.15) is 31.7 Å². The van der Waals surface area contributed by atoms with E-state index in [9.17, 15) is 8.78 Å². The van der Waals surface area contributed by atoms with E-state index in [-0.39, 0.29) is 19.1 Å². The number of ether oxygens (including phenoxy) is 3. The second kappa shape index (κ2) is 10.3. The van der Waals surface area contributed by atoms with Crippen LogP contribution >= 0.6 is 0 Å². The minimum absolute atomic E-state index is 0.0483. The Kier molecular flexibility index (Phi) is 7.53. The molecule has 2 aliphatic heterocycles. The zero-order chi connectivity index (χ0) is 19.8. The highest BCUT2D eigenvalue weighted by Crippen LogP contribution is 2.39. The van der Waals surface area contributed by atoms with Crippen molar-refractivity contribution < 1.29 is 23.0 Å². The van der Waals surface area contributed by atoms with Crippen molar-refractivity contribution in [3.8, 4) is 17.2 Å². The van der Waals surface area contributed by atoms with Crippen LogP contribution in [0.25, 0.3) is 0 Å². The topological polar surface area (TPSA) is 67.4 Å². The number of alkyl halides is 2. The Hall–Kier alpha value is -2.29. The lowest BCUT2D eigenvalue weighted by Crippen LogP contribution is -2.42. The second-order valence-electron chi connectivity index (χ2n) is 6.72. The minimum atomic E-state index is -2.92. The zero-order valence-corrected chi connectivity index (χ0v) is 16.2. The van der Waals surface area contributed by atoms with Gasteiger partial charge in [0.05, 0.1) is 6.54 Å². The Bertz CT molecular complexity index is 667. The van der Waals surface area contributed by atoms with E-state index in [4.69, 9.17) is 9.47 Å². The maximum Gasteiger partial charge on any atom is 0.387 e. The standard InChI is InChI=1S/C19H28F2N4O3/c1-2-22-19(23-6-9-25-7-4-3-5-8-25)24-12-14-10-16-17(27-13-26-16)11-15(14)28-18(20)21/h10-11,18H,2-9,12-13H2,1H3,(H2,22,23,24). The van der Waals surface area contributed by atoms with Gasteiger partial charge in [-0.25, -0.2) is 4.99 Å². The molecular formula is C19H28F2N4O3. The maximum atomic E-state index is 12.8. The SMILES string of the molecule is CCNC(=NCc1cc2c(cc1OC(F)F)OCO2)NCCN1CCCCC1. The minimum Gasteiger partial charge on any atom is -0.454 e. The molecule has 1 aromatic rings. The third-order valence-electron chi connectivity index (χ3n) is 4.69. The Labute approximate surface area is 164 Å². The fraction of sp³-hybridized carbons (Fsp3) is 0.632. The van der Waals surface area contributed by atoms with Gasteiger partial charge in [-0.1, -0.05) is 6.42 Å². The molecule has 0 aromatic heterocycles. The van der Waals surface area contributed by atoms with Crippen molar-refractivity contribution in [3.63, 3.8) is 0 Å². The highest BCUT2D eigenvalue weighted by atomic mass is 19.3. The summed E-state index contributed by atoms with van der Waals surface area (Å²) in [5.74, 6) is 1.59. The first-order valence-electron chi connectivity index (χ1n) is 9.77. The largest absolute Gasteiger partial charge is 0.454 e. The number of hydrogen-bond donors (Lipinski definition) is 2. The number of nitrogens with zero attached hydrogens (tertiary/aromatic N) is 2. The number of likely N-dealkylation sites (tertiary alicyclic amines) is 1. The lowest BCUT2D eigenvalue weighted by atomic mass is 10.1. The lowest BCUT2D eigenvalue weighted by molar-refractivity contribution is -0.0505. The van der Waals surface area contributed by atoms with Gasteiger partial charge >= 0.3 is 6.61 Å². The molecule has 1 fully saturated rings. The number of rotatable bonds is 8. The van der Waals surface area contributed by atoms with Gasteiger partial charge in [0, 0.05) is 31.3 Å². The van der Waals surface area contributed by atoms with E-state index in [0.717, 1.165) is 26.2 Å². The van der Waals surface area contributed by atoms with Crippen LogP contribution in [-0.4, -0.2) is 57.0 Å². The average Bonchev–Trinajstić information content (AvgIpc) is 3.13. The molecule has 3 rings (SSSR count). The summed E-state index contributed by atoms with van der Waals surface area (Å²) in [7, 11) is 0. The fourth-order valence-corrected chi connectivity index (χ4v) is 3.32. The summed E-state index contributed by atoms with van der Waals surface area (Å²) in [6.45, 7) is 4.02.